The number of rotatable bonds is 4. The molecule has 0 aromatic heterocycles. The average molecular weight is 268 g/mol. The van der Waals surface area contributed by atoms with Gasteiger partial charge in [0.2, 0.25) is 5.82 Å². The van der Waals surface area contributed by atoms with Gasteiger partial charge in [0.15, 0.2) is 23.3 Å². The fraction of sp³-hybridized carbons (Fsp3) is 0.364. The van der Waals surface area contributed by atoms with E-state index in [-0.39, 0.29) is 6.61 Å². The van der Waals surface area contributed by atoms with Crippen molar-refractivity contribution < 1.29 is 31.5 Å². The van der Waals surface area contributed by atoms with Crippen LogP contribution in [0.25, 0.3) is 0 Å². The highest BCUT2D eigenvalue weighted by atomic mass is 19.2. The fourth-order valence-corrected chi connectivity index (χ4v) is 1.17. The summed E-state index contributed by atoms with van der Waals surface area (Å²) in [6.45, 7) is 1.61. The number of ether oxygens (including phenoxy) is 1. The molecule has 0 aliphatic heterocycles. The summed E-state index contributed by atoms with van der Waals surface area (Å²) in [7, 11) is 0. The Balaban J connectivity index is 3.13. The Kier molecular flexibility index (Phi) is 4.63. The third-order valence-electron chi connectivity index (χ3n) is 2.14. The van der Waals surface area contributed by atoms with Gasteiger partial charge in [-0.2, -0.15) is 0 Å². The van der Waals surface area contributed by atoms with Crippen LogP contribution in [-0.2, 0) is 4.74 Å². The summed E-state index contributed by atoms with van der Waals surface area (Å²) < 4.78 is 68.9. The van der Waals surface area contributed by atoms with Gasteiger partial charge >= 0.3 is 5.97 Å². The number of carbonyl (C=O) groups excluding carboxylic acids is 1. The molecule has 0 aliphatic carbocycles. The fourth-order valence-electron chi connectivity index (χ4n) is 1.17. The summed E-state index contributed by atoms with van der Waals surface area (Å²) in [6.07, 6.45) is 1.06. The second kappa shape index (κ2) is 5.79. The molecule has 18 heavy (non-hydrogen) atoms. The van der Waals surface area contributed by atoms with Gasteiger partial charge in [-0.25, -0.2) is 26.7 Å². The lowest BCUT2D eigenvalue weighted by atomic mass is 10.1. The topological polar surface area (TPSA) is 26.3 Å². The van der Waals surface area contributed by atoms with Crippen molar-refractivity contribution in [3.05, 3.63) is 34.6 Å². The summed E-state index contributed by atoms with van der Waals surface area (Å²) in [5.74, 6) is -12.6. The van der Waals surface area contributed by atoms with Crippen LogP contribution in [0.4, 0.5) is 22.0 Å². The summed E-state index contributed by atoms with van der Waals surface area (Å²) in [5, 5.41) is 0. The van der Waals surface area contributed by atoms with Crippen LogP contribution >= 0.6 is 0 Å². The number of halogens is 5. The van der Waals surface area contributed by atoms with Crippen LogP contribution in [0.3, 0.4) is 0 Å². The first-order valence-electron chi connectivity index (χ1n) is 5.10. The van der Waals surface area contributed by atoms with E-state index in [2.05, 4.69) is 4.74 Å². The minimum atomic E-state index is -2.31. The van der Waals surface area contributed by atoms with E-state index in [9.17, 15) is 26.7 Å². The van der Waals surface area contributed by atoms with Crippen LogP contribution < -0.4 is 0 Å². The third kappa shape index (κ3) is 2.60. The monoisotopic (exact) mass is 268 g/mol. The summed E-state index contributed by atoms with van der Waals surface area (Å²) in [5.41, 5.74) is -1.57. The second-order valence-electron chi connectivity index (χ2n) is 3.43. The zero-order chi connectivity index (χ0) is 13.9. The first-order valence-corrected chi connectivity index (χ1v) is 5.10. The number of esters is 1. The molecule has 0 bridgehead atoms. The van der Waals surface area contributed by atoms with Gasteiger partial charge in [0.1, 0.15) is 5.56 Å². The van der Waals surface area contributed by atoms with Gasteiger partial charge < -0.3 is 4.74 Å². The number of hydrogen-bond acceptors (Lipinski definition) is 2. The maximum Gasteiger partial charge on any atom is 0.344 e. The Labute approximate surface area is 99.4 Å². The molecule has 1 aromatic carbocycles. The van der Waals surface area contributed by atoms with Crippen molar-refractivity contribution in [2.75, 3.05) is 6.61 Å². The summed E-state index contributed by atoms with van der Waals surface area (Å²) in [6, 6.07) is 0. The van der Waals surface area contributed by atoms with Crippen molar-refractivity contribution in [1.82, 2.24) is 0 Å². The van der Waals surface area contributed by atoms with E-state index < -0.39 is 40.6 Å². The van der Waals surface area contributed by atoms with E-state index in [1.54, 1.807) is 6.92 Å². The zero-order valence-corrected chi connectivity index (χ0v) is 9.33. The van der Waals surface area contributed by atoms with Gasteiger partial charge in [-0.1, -0.05) is 13.3 Å². The van der Waals surface area contributed by atoms with Crippen molar-refractivity contribution in [1.29, 1.82) is 0 Å². The van der Waals surface area contributed by atoms with E-state index >= 15 is 0 Å². The van der Waals surface area contributed by atoms with Gasteiger partial charge in [0, 0.05) is 0 Å². The molecule has 7 heteroatoms. The van der Waals surface area contributed by atoms with Crippen molar-refractivity contribution >= 4 is 5.97 Å². The molecule has 0 saturated carbocycles. The van der Waals surface area contributed by atoms with Gasteiger partial charge in [0.05, 0.1) is 6.61 Å². The molecule has 0 fully saturated rings. The molecule has 1 aromatic rings. The normalized spacial score (nSPS) is 10.6. The van der Waals surface area contributed by atoms with Crippen molar-refractivity contribution in [3.63, 3.8) is 0 Å². The molecular formula is C11H9F5O2. The lowest BCUT2D eigenvalue weighted by molar-refractivity contribution is 0.0485. The Morgan fingerprint density at radius 1 is 0.944 bits per heavy atom. The molecule has 100 valence electrons. The highest BCUT2D eigenvalue weighted by Gasteiger charge is 2.30. The molecule has 0 atom stereocenters. The molecule has 0 aliphatic rings. The van der Waals surface area contributed by atoms with Crippen LogP contribution in [0.15, 0.2) is 0 Å². The van der Waals surface area contributed by atoms with Crippen molar-refractivity contribution in [3.8, 4) is 0 Å². The third-order valence-corrected chi connectivity index (χ3v) is 2.14. The van der Waals surface area contributed by atoms with E-state index in [0.29, 0.717) is 12.8 Å². The minimum absolute atomic E-state index is 0.158. The van der Waals surface area contributed by atoms with Crippen molar-refractivity contribution in [2.45, 2.75) is 19.8 Å². The maximum atomic E-state index is 13.1. The summed E-state index contributed by atoms with van der Waals surface area (Å²) >= 11 is 0. The van der Waals surface area contributed by atoms with E-state index in [0.717, 1.165) is 0 Å². The lowest BCUT2D eigenvalue weighted by Crippen LogP contribution is -2.15. The van der Waals surface area contributed by atoms with E-state index in [1.807, 2.05) is 0 Å². The smallest absolute Gasteiger partial charge is 0.344 e. The summed E-state index contributed by atoms with van der Waals surface area (Å²) in [4.78, 5) is 11.2. The van der Waals surface area contributed by atoms with Gasteiger partial charge in [-0.15, -0.1) is 0 Å². The Bertz CT molecular complexity index is 444. The SMILES string of the molecule is CCCCOC(=O)c1c(F)c(F)c(F)c(F)c1F. The number of benzene rings is 1. The minimum Gasteiger partial charge on any atom is -0.462 e. The molecule has 0 heterocycles. The molecule has 0 amide bonds. The second-order valence-corrected chi connectivity index (χ2v) is 3.43. The lowest BCUT2D eigenvalue weighted by Gasteiger charge is -2.08. The Morgan fingerprint density at radius 3 is 1.83 bits per heavy atom. The largest absolute Gasteiger partial charge is 0.462 e. The Hall–Kier alpha value is -1.66. The van der Waals surface area contributed by atoms with Gasteiger partial charge in [-0.05, 0) is 6.42 Å². The van der Waals surface area contributed by atoms with E-state index in [1.165, 1.54) is 0 Å². The molecule has 0 saturated heterocycles. The van der Waals surface area contributed by atoms with E-state index in [4.69, 9.17) is 0 Å². The molecule has 0 unspecified atom stereocenters. The quantitative estimate of drug-likeness (QED) is 0.275. The van der Waals surface area contributed by atoms with Crippen LogP contribution in [0.2, 0.25) is 0 Å². The first kappa shape index (κ1) is 14.4. The predicted molar refractivity (Wildman–Crippen MR) is 51.4 cm³/mol. The van der Waals surface area contributed by atoms with Crippen molar-refractivity contribution in [2.24, 2.45) is 0 Å². The number of carbonyl (C=O) groups is 1. The Morgan fingerprint density at radius 2 is 1.39 bits per heavy atom. The van der Waals surface area contributed by atoms with Crippen LogP contribution in [0.1, 0.15) is 30.1 Å². The van der Waals surface area contributed by atoms with Crippen LogP contribution in [-0.4, -0.2) is 12.6 Å². The van der Waals surface area contributed by atoms with Crippen LogP contribution in [0, 0.1) is 29.1 Å². The molecule has 2 nitrogen and oxygen atoms in total. The maximum absolute atomic E-state index is 13.1. The number of unbranched alkanes of at least 4 members (excludes halogenated alkanes) is 1. The highest BCUT2D eigenvalue weighted by molar-refractivity contribution is 5.90. The molecule has 0 radical (unpaired) electrons. The standard InChI is InChI=1S/C11H9F5O2/c1-2-3-4-18-11(17)5-6(12)8(14)10(16)9(15)7(5)13/h2-4H2,1H3. The highest BCUT2D eigenvalue weighted by Crippen LogP contribution is 2.23. The number of hydrogen-bond donors (Lipinski definition) is 0. The van der Waals surface area contributed by atoms with Gasteiger partial charge in [0.25, 0.3) is 0 Å². The van der Waals surface area contributed by atoms with Crippen LogP contribution in [0.5, 0.6) is 0 Å². The average Bonchev–Trinajstić information content (AvgIpc) is 2.34. The molecule has 0 spiro atoms. The molecule has 0 N–H and O–H groups in total. The zero-order valence-electron chi connectivity index (χ0n) is 9.33. The molecule has 1 rings (SSSR count). The molecular weight excluding hydrogens is 259 g/mol. The first-order chi connectivity index (χ1) is 8.41. The predicted octanol–water partition coefficient (Wildman–Crippen LogP) is 3.34. The van der Waals surface area contributed by atoms with Gasteiger partial charge in [-0.3, -0.25) is 0 Å².